The molecule has 10 rings (SSSR count). The third-order valence-corrected chi connectivity index (χ3v) is 8.69. The molecule has 0 unspecified atom stereocenters. The van der Waals surface area contributed by atoms with Crippen LogP contribution >= 0.6 is 0 Å². The minimum atomic E-state index is -0.757. The summed E-state index contributed by atoms with van der Waals surface area (Å²) in [7, 11) is 0. The Morgan fingerprint density at radius 1 is 0.429 bits per heavy atom. The molecule has 2 heterocycles. The summed E-state index contributed by atoms with van der Waals surface area (Å²) >= 11 is 0. The molecule has 0 aliphatic heterocycles. The van der Waals surface area contributed by atoms with Gasteiger partial charge in [0.25, 0.3) is 0 Å². The van der Waals surface area contributed by atoms with Gasteiger partial charge in [-0.1, -0.05) is 115 Å². The van der Waals surface area contributed by atoms with Crippen LogP contribution in [0.5, 0.6) is 0 Å². The van der Waals surface area contributed by atoms with Crippen LogP contribution in [0.3, 0.4) is 0 Å². The Kier molecular flexibility index (Phi) is 3.94. The van der Waals surface area contributed by atoms with Gasteiger partial charge in [-0.3, -0.25) is 0 Å². The molecule has 3 heteroatoms. The van der Waals surface area contributed by atoms with Crippen molar-refractivity contribution in [1.82, 2.24) is 0 Å². The molecule has 8 aromatic carbocycles. The lowest BCUT2D eigenvalue weighted by Gasteiger charge is -2.26. The van der Waals surface area contributed by atoms with Gasteiger partial charge in [-0.15, -0.1) is 0 Å². The second-order valence-corrected chi connectivity index (χ2v) is 11.5. The van der Waals surface area contributed by atoms with E-state index in [-0.39, 0.29) is 11.3 Å². The lowest BCUT2D eigenvalue weighted by molar-refractivity contribution is 0.669. The molecule has 0 amide bonds. The molecule has 230 valence electrons. The molecular formula is C46H29NO2. The van der Waals surface area contributed by atoms with Gasteiger partial charge in [0.15, 0.2) is 0 Å². The molecule has 0 fully saturated rings. The summed E-state index contributed by atoms with van der Waals surface area (Å²) in [5.41, 5.74) is 0.605. The van der Waals surface area contributed by atoms with Crippen molar-refractivity contribution in [2.24, 2.45) is 0 Å². The molecule has 0 saturated carbocycles. The van der Waals surface area contributed by atoms with Crippen LogP contribution in [-0.4, -0.2) is 0 Å². The fourth-order valence-electron chi connectivity index (χ4n) is 6.44. The molecule has 0 bridgehead atoms. The van der Waals surface area contributed by atoms with Gasteiger partial charge in [-0.05, 0) is 88.2 Å². The van der Waals surface area contributed by atoms with Gasteiger partial charge < -0.3 is 13.7 Å². The van der Waals surface area contributed by atoms with E-state index in [1.165, 1.54) is 4.90 Å². The normalized spacial score (nSPS) is 15.4. The lowest BCUT2D eigenvalue weighted by Crippen LogP contribution is -2.10. The maximum Gasteiger partial charge on any atom is 0.143 e. The first-order valence-corrected chi connectivity index (χ1v) is 15.5. The molecule has 49 heavy (non-hydrogen) atoms. The first-order chi connectivity index (χ1) is 29.7. The molecule has 0 saturated heterocycles. The third kappa shape index (κ3) is 4.51. The van der Waals surface area contributed by atoms with Crippen LogP contribution in [0.15, 0.2) is 184 Å². The second-order valence-electron chi connectivity index (χ2n) is 11.5. The molecule has 10 aromatic rings. The van der Waals surface area contributed by atoms with Crippen molar-refractivity contribution in [2.75, 3.05) is 4.90 Å². The minimum Gasteiger partial charge on any atom is -0.456 e. The number of benzene rings is 8. The van der Waals surface area contributed by atoms with Crippen molar-refractivity contribution in [3.05, 3.63) is 176 Å². The van der Waals surface area contributed by atoms with E-state index < -0.39 is 101 Å². The standard InChI is InChI=1S/C46H29NO2/c1-2-9-30(10-3-1)31-17-23-35(24-18-31)47(41-14-8-16-44-45(41)39-27-21-33-11-4-5-12-37(33)46(39)49-44)36-25-19-32(20-26-36)34-22-28-43-40(29-34)38-13-6-7-15-42(38)48-43/h1-29H/i1D,2D,3D,9D,10D,17D,18D,19D,20D,23D,24D,25D,26D. The van der Waals surface area contributed by atoms with Gasteiger partial charge in [0.2, 0.25) is 0 Å². The summed E-state index contributed by atoms with van der Waals surface area (Å²) < 4.78 is 130. The van der Waals surface area contributed by atoms with E-state index in [0.717, 1.165) is 16.2 Å². The van der Waals surface area contributed by atoms with Crippen molar-refractivity contribution in [1.29, 1.82) is 0 Å². The van der Waals surface area contributed by atoms with Crippen LogP contribution in [0, 0.1) is 0 Å². The fourth-order valence-corrected chi connectivity index (χ4v) is 6.44. The van der Waals surface area contributed by atoms with Gasteiger partial charge >= 0.3 is 0 Å². The highest BCUT2D eigenvalue weighted by Crippen LogP contribution is 2.45. The lowest BCUT2D eigenvalue weighted by atomic mass is 10.0. The molecule has 0 N–H and O–H groups in total. The number of hydrogen-bond donors (Lipinski definition) is 0. The Morgan fingerprint density at radius 3 is 1.88 bits per heavy atom. The third-order valence-electron chi connectivity index (χ3n) is 8.69. The smallest absolute Gasteiger partial charge is 0.143 e. The number of fused-ring (bicyclic) bond motifs is 8. The summed E-state index contributed by atoms with van der Waals surface area (Å²) in [5.74, 6) is 0. The van der Waals surface area contributed by atoms with E-state index in [9.17, 15) is 11.0 Å². The first-order valence-electron chi connectivity index (χ1n) is 22.0. The first kappa shape index (κ1) is 17.5. The van der Waals surface area contributed by atoms with Crippen LogP contribution < -0.4 is 4.90 Å². The topological polar surface area (TPSA) is 29.5 Å². The zero-order valence-electron chi connectivity index (χ0n) is 38.5. The Morgan fingerprint density at radius 2 is 1.08 bits per heavy atom. The zero-order valence-corrected chi connectivity index (χ0v) is 25.5. The largest absolute Gasteiger partial charge is 0.456 e. The number of nitrogens with zero attached hydrogens (tertiary/aromatic N) is 1. The highest BCUT2D eigenvalue weighted by molar-refractivity contribution is 6.19. The van der Waals surface area contributed by atoms with Crippen molar-refractivity contribution in [3.8, 4) is 22.3 Å². The van der Waals surface area contributed by atoms with Crippen molar-refractivity contribution >= 4 is 71.7 Å². The van der Waals surface area contributed by atoms with Gasteiger partial charge in [-0.2, -0.15) is 0 Å². The predicted octanol–water partition coefficient (Wildman–Crippen LogP) is 13.4. The maximum atomic E-state index is 9.61. The van der Waals surface area contributed by atoms with E-state index in [4.69, 9.17) is 15.7 Å². The van der Waals surface area contributed by atoms with Crippen molar-refractivity contribution in [3.63, 3.8) is 0 Å². The summed E-state index contributed by atoms with van der Waals surface area (Å²) in [6, 6.07) is 20.1. The van der Waals surface area contributed by atoms with Gasteiger partial charge in [0.05, 0.1) is 28.9 Å². The van der Waals surface area contributed by atoms with Gasteiger partial charge in [0.1, 0.15) is 22.3 Å². The Bertz CT molecular complexity index is 3510. The SMILES string of the molecule is [2H]c1c([2H])c([2H])c(-c2c([2H])c([2H])c(N(c3c([2H])c([2H])c(-c4ccc5oc6ccccc6c5c4)c([2H])c3[2H])c3cccc4oc5c6ccccc6ccc5c34)c([2H])c2[2H])c([2H])c1[2H]. The summed E-state index contributed by atoms with van der Waals surface area (Å²) in [6.07, 6.45) is 0. The highest BCUT2D eigenvalue weighted by atomic mass is 16.3. The molecule has 3 nitrogen and oxygen atoms in total. The zero-order chi connectivity index (χ0) is 43.6. The van der Waals surface area contributed by atoms with Gasteiger partial charge in [0, 0.05) is 32.9 Å². The van der Waals surface area contributed by atoms with Crippen LogP contribution in [0.4, 0.5) is 17.1 Å². The average molecular weight is 641 g/mol. The van der Waals surface area contributed by atoms with Crippen molar-refractivity contribution < 1.29 is 26.7 Å². The monoisotopic (exact) mass is 640 g/mol. The minimum absolute atomic E-state index is 0.0228. The van der Waals surface area contributed by atoms with Gasteiger partial charge in [-0.25, -0.2) is 0 Å². The predicted molar refractivity (Wildman–Crippen MR) is 204 cm³/mol. The van der Waals surface area contributed by atoms with Crippen LogP contribution in [0.2, 0.25) is 0 Å². The molecule has 0 spiro atoms. The maximum absolute atomic E-state index is 9.61. The molecule has 0 aliphatic rings. The number of para-hydroxylation sites is 1. The Hall–Kier alpha value is -6.58. The van der Waals surface area contributed by atoms with E-state index >= 15 is 0 Å². The molecule has 0 atom stereocenters. The molecule has 2 aromatic heterocycles. The molecule has 0 aliphatic carbocycles. The number of hydrogen-bond acceptors (Lipinski definition) is 3. The number of furan rings is 2. The van der Waals surface area contributed by atoms with E-state index in [1.807, 2.05) is 60.7 Å². The summed E-state index contributed by atoms with van der Waals surface area (Å²) in [4.78, 5) is 1.18. The molecular weight excluding hydrogens is 599 g/mol. The number of anilines is 3. The van der Waals surface area contributed by atoms with E-state index in [0.29, 0.717) is 44.1 Å². The summed E-state index contributed by atoms with van der Waals surface area (Å²) in [6.45, 7) is 0. The van der Waals surface area contributed by atoms with Crippen molar-refractivity contribution in [2.45, 2.75) is 0 Å². The van der Waals surface area contributed by atoms with Crippen LogP contribution in [0.1, 0.15) is 17.8 Å². The number of rotatable bonds is 5. The highest BCUT2D eigenvalue weighted by Gasteiger charge is 2.20. The second kappa shape index (κ2) is 11.0. The van der Waals surface area contributed by atoms with Crippen LogP contribution in [0.25, 0.3) is 76.9 Å². The van der Waals surface area contributed by atoms with E-state index in [2.05, 4.69) is 0 Å². The average Bonchev–Trinajstić information content (AvgIpc) is 3.86. The van der Waals surface area contributed by atoms with E-state index in [1.54, 1.807) is 36.4 Å². The summed E-state index contributed by atoms with van der Waals surface area (Å²) in [5, 5.41) is 4.16. The fraction of sp³-hybridized carbons (Fsp3) is 0. The quantitative estimate of drug-likeness (QED) is 0.187. The molecule has 0 radical (unpaired) electrons. The Balaban J connectivity index is 1.30. The van der Waals surface area contributed by atoms with Crippen LogP contribution in [-0.2, 0) is 0 Å². The Labute approximate surface area is 301 Å².